The van der Waals surface area contributed by atoms with Crippen molar-refractivity contribution in [3.8, 4) is 0 Å². The van der Waals surface area contributed by atoms with E-state index in [1.807, 2.05) is 0 Å². The Balaban J connectivity index is 1.78. The lowest BCUT2D eigenvalue weighted by molar-refractivity contribution is -0.0549. The third kappa shape index (κ3) is 3.44. The molecule has 1 aliphatic rings. The minimum absolute atomic E-state index is 0.00483. The Morgan fingerprint density at radius 3 is 2.60 bits per heavy atom. The van der Waals surface area contributed by atoms with Crippen molar-refractivity contribution in [2.75, 3.05) is 11.9 Å². The Labute approximate surface area is 143 Å². The molecule has 1 aromatic carbocycles. The van der Waals surface area contributed by atoms with E-state index in [0.29, 0.717) is 5.56 Å². The highest BCUT2D eigenvalue weighted by atomic mass is 16.6. The van der Waals surface area contributed by atoms with E-state index in [9.17, 15) is 24.9 Å². The van der Waals surface area contributed by atoms with Crippen LogP contribution in [0.2, 0.25) is 0 Å². The summed E-state index contributed by atoms with van der Waals surface area (Å²) < 4.78 is 13.3. The summed E-state index contributed by atoms with van der Waals surface area (Å²) in [7, 11) is 0. The second-order valence-electron chi connectivity index (χ2n) is 5.44. The lowest BCUT2D eigenvalue weighted by atomic mass is 10.1. The molecular weight excluding hydrogens is 330 g/mol. The van der Waals surface area contributed by atoms with Crippen LogP contribution >= 0.6 is 0 Å². The zero-order valence-corrected chi connectivity index (χ0v) is 12.9. The van der Waals surface area contributed by atoms with Crippen molar-refractivity contribution in [2.45, 2.75) is 24.5 Å². The van der Waals surface area contributed by atoms with Crippen LogP contribution in [0.3, 0.4) is 0 Å². The van der Waals surface area contributed by atoms with Gasteiger partial charge in [0.1, 0.15) is 24.1 Å². The molecule has 1 aliphatic heterocycles. The molecule has 1 aromatic heterocycles. The fourth-order valence-electron chi connectivity index (χ4n) is 2.49. The number of hydrogen-bond acceptors (Lipinski definition) is 7. The molecule has 9 nitrogen and oxygen atoms in total. The maximum absolute atomic E-state index is 12.2. The van der Waals surface area contributed by atoms with Crippen molar-refractivity contribution in [1.29, 1.82) is 0 Å². The van der Waals surface area contributed by atoms with Gasteiger partial charge in [-0.05, 0) is 18.2 Å². The normalized spacial score (nSPS) is 27.6. The SMILES string of the molecule is [2H][C@@H](O)[C@H]1O[C@@H](n2ccc(NC(=O)c3ccccc3)nc2=O)[C@H](O)[C@@H]1O. The fraction of sp³-hybridized carbons (Fsp3) is 0.312. The maximum atomic E-state index is 12.2. The number of hydrogen-bond donors (Lipinski definition) is 4. The molecule has 1 fully saturated rings. The molecule has 0 bridgehead atoms. The largest absolute Gasteiger partial charge is 0.394 e. The smallest absolute Gasteiger partial charge is 0.351 e. The van der Waals surface area contributed by atoms with Gasteiger partial charge in [-0.1, -0.05) is 18.2 Å². The number of aliphatic hydroxyl groups excluding tert-OH is 3. The summed E-state index contributed by atoms with van der Waals surface area (Å²) in [5.41, 5.74) is -0.448. The highest BCUT2D eigenvalue weighted by Gasteiger charge is 2.43. The monoisotopic (exact) mass is 348 g/mol. The van der Waals surface area contributed by atoms with Gasteiger partial charge < -0.3 is 25.4 Å². The van der Waals surface area contributed by atoms with Gasteiger partial charge in [-0.15, -0.1) is 0 Å². The van der Waals surface area contributed by atoms with Gasteiger partial charge in [-0.25, -0.2) is 4.79 Å². The molecule has 1 saturated heterocycles. The summed E-state index contributed by atoms with van der Waals surface area (Å²) in [6.07, 6.45) is -4.50. The molecule has 2 aromatic rings. The summed E-state index contributed by atoms with van der Waals surface area (Å²) in [5, 5.41) is 31.5. The fourth-order valence-corrected chi connectivity index (χ4v) is 2.49. The van der Waals surface area contributed by atoms with Crippen LogP contribution < -0.4 is 11.0 Å². The van der Waals surface area contributed by atoms with Crippen LogP contribution in [-0.2, 0) is 4.74 Å². The molecule has 0 radical (unpaired) electrons. The Bertz CT molecular complexity index is 843. The third-order valence-electron chi connectivity index (χ3n) is 3.80. The van der Waals surface area contributed by atoms with Gasteiger partial charge in [-0.3, -0.25) is 9.36 Å². The molecule has 0 saturated carbocycles. The summed E-state index contributed by atoms with van der Waals surface area (Å²) in [5.74, 6) is -0.439. The predicted octanol–water partition coefficient (Wildman–Crippen LogP) is -0.893. The lowest BCUT2D eigenvalue weighted by Gasteiger charge is -2.17. The number of amides is 1. The Kier molecular flexibility index (Phi) is 4.53. The molecule has 2 heterocycles. The van der Waals surface area contributed by atoms with Crippen molar-refractivity contribution >= 4 is 11.7 Å². The molecule has 4 N–H and O–H groups in total. The van der Waals surface area contributed by atoms with Gasteiger partial charge in [-0.2, -0.15) is 4.98 Å². The van der Waals surface area contributed by atoms with Crippen LogP contribution in [0.5, 0.6) is 0 Å². The van der Waals surface area contributed by atoms with E-state index in [2.05, 4.69) is 10.3 Å². The van der Waals surface area contributed by atoms with Crippen molar-refractivity contribution in [3.63, 3.8) is 0 Å². The number of carbonyl (C=O) groups is 1. The topological polar surface area (TPSA) is 134 Å². The number of aromatic nitrogens is 2. The highest BCUT2D eigenvalue weighted by Crippen LogP contribution is 2.28. The molecule has 9 heteroatoms. The first kappa shape index (κ1) is 15.9. The Morgan fingerprint density at radius 2 is 2.00 bits per heavy atom. The second-order valence-corrected chi connectivity index (χ2v) is 5.44. The molecule has 1 amide bonds. The van der Waals surface area contributed by atoms with Crippen molar-refractivity contribution in [3.05, 3.63) is 58.6 Å². The first-order valence-corrected chi connectivity index (χ1v) is 7.46. The third-order valence-corrected chi connectivity index (χ3v) is 3.80. The molecule has 0 unspecified atom stereocenters. The van der Waals surface area contributed by atoms with E-state index in [-0.39, 0.29) is 5.82 Å². The van der Waals surface area contributed by atoms with E-state index in [1.54, 1.807) is 30.3 Å². The Hall–Kier alpha value is -2.59. The first-order valence-electron chi connectivity index (χ1n) is 8.03. The van der Waals surface area contributed by atoms with E-state index in [0.717, 1.165) is 4.57 Å². The molecule has 132 valence electrons. The number of anilines is 1. The van der Waals surface area contributed by atoms with Crippen LogP contribution in [0.25, 0.3) is 0 Å². The van der Waals surface area contributed by atoms with E-state index in [4.69, 9.17) is 6.11 Å². The van der Waals surface area contributed by atoms with Crippen molar-refractivity contribution in [1.82, 2.24) is 9.55 Å². The van der Waals surface area contributed by atoms with Crippen LogP contribution in [0, 0.1) is 0 Å². The number of nitrogens with one attached hydrogen (secondary N) is 1. The zero-order valence-electron chi connectivity index (χ0n) is 13.9. The minimum atomic E-state index is -1.78. The van der Waals surface area contributed by atoms with E-state index < -0.39 is 42.7 Å². The van der Waals surface area contributed by atoms with Crippen LogP contribution in [0.15, 0.2) is 47.4 Å². The lowest BCUT2D eigenvalue weighted by Crippen LogP contribution is -2.36. The number of aliphatic hydroxyl groups is 3. The van der Waals surface area contributed by atoms with Crippen molar-refractivity contribution in [2.24, 2.45) is 0 Å². The van der Waals surface area contributed by atoms with Gasteiger partial charge in [0.25, 0.3) is 5.91 Å². The van der Waals surface area contributed by atoms with Crippen molar-refractivity contribution < 1.29 is 26.2 Å². The summed E-state index contributed by atoms with van der Waals surface area (Å²) in [4.78, 5) is 28.0. The van der Waals surface area contributed by atoms with Gasteiger partial charge in [0.05, 0.1) is 7.95 Å². The zero-order chi connectivity index (χ0) is 18.8. The number of ether oxygens (including phenoxy) is 1. The average molecular weight is 348 g/mol. The molecule has 3 rings (SSSR count). The summed E-state index contributed by atoms with van der Waals surface area (Å²) in [6.45, 7) is -1.78. The van der Waals surface area contributed by atoms with Gasteiger partial charge >= 0.3 is 5.69 Å². The quantitative estimate of drug-likeness (QED) is 0.563. The Morgan fingerprint density at radius 1 is 1.28 bits per heavy atom. The summed E-state index contributed by atoms with van der Waals surface area (Å²) in [6, 6.07) is 9.69. The van der Waals surface area contributed by atoms with Gasteiger partial charge in [0, 0.05) is 11.8 Å². The van der Waals surface area contributed by atoms with E-state index in [1.165, 1.54) is 12.3 Å². The van der Waals surface area contributed by atoms with Crippen LogP contribution in [0.1, 0.15) is 18.0 Å². The number of rotatable bonds is 4. The number of benzene rings is 1. The highest BCUT2D eigenvalue weighted by molar-refractivity contribution is 6.03. The molecule has 25 heavy (non-hydrogen) atoms. The van der Waals surface area contributed by atoms with Crippen LogP contribution in [-0.4, -0.2) is 55.7 Å². The van der Waals surface area contributed by atoms with Crippen LogP contribution in [0.4, 0.5) is 5.82 Å². The molecule has 0 spiro atoms. The molecular formula is C16H17N3O6. The predicted molar refractivity (Wildman–Crippen MR) is 85.9 cm³/mol. The van der Waals surface area contributed by atoms with E-state index >= 15 is 0 Å². The minimum Gasteiger partial charge on any atom is -0.394 e. The average Bonchev–Trinajstić information content (AvgIpc) is 2.91. The number of nitrogens with zero attached hydrogens (tertiary/aromatic N) is 2. The standard InChI is InChI=1S/C16H17N3O6/c20-8-10-12(21)13(22)15(25-10)19-7-6-11(18-16(19)24)17-14(23)9-4-2-1-3-5-9/h1-7,10,12-13,15,20-22H,8H2,(H,17,18,23,24)/t10-,12-,13-,15-/m1/s1/i8D/t8-,10-,12-,13-,15-. The van der Waals surface area contributed by atoms with Gasteiger partial charge in [0.15, 0.2) is 6.23 Å². The molecule has 0 aliphatic carbocycles. The van der Waals surface area contributed by atoms with Gasteiger partial charge in [0.2, 0.25) is 0 Å². The maximum Gasteiger partial charge on any atom is 0.351 e. The second kappa shape index (κ2) is 7.11. The molecule has 5 atom stereocenters. The summed E-state index contributed by atoms with van der Waals surface area (Å²) >= 11 is 0. The number of carbonyl (C=O) groups excluding carboxylic acids is 1. The first-order chi connectivity index (χ1) is 12.4.